The SMILES string of the molecule is COc1ccc(C2CN(C(=O)CC(C)(C)C)CCS2)cc1. The summed E-state index contributed by atoms with van der Waals surface area (Å²) in [6, 6.07) is 8.19. The third kappa shape index (κ3) is 4.67. The van der Waals surface area contributed by atoms with Gasteiger partial charge in [-0.05, 0) is 23.1 Å². The Morgan fingerprint density at radius 1 is 1.33 bits per heavy atom. The van der Waals surface area contributed by atoms with E-state index in [9.17, 15) is 4.79 Å². The van der Waals surface area contributed by atoms with Gasteiger partial charge in [-0.1, -0.05) is 32.9 Å². The zero-order chi connectivity index (χ0) is 15.5. The summed E-state index contributed by atoms with van der Waals surface area (Å²) < 4.78 is 5.20. The average Bonchev–Trinajstić information content (AvgIpc) is 2.46. The van der Waals surface area contributed by atoms with Gasteiger partial charge in [0.05, 0.1) is 7.11 Å². The van der Waals surface area contributed by atoms with E-state index in [0.717, 1.165) is 24.6 Å². The molecule has 1 aromatic rings. The Morgan fingerprint density at radius 2 is 2.00 bits per heavy atom. The van der Waals surface area contributed by atoms with Crippen LogP contribution in [0.2, 0.25) is 0 Å². The topological polar surface area (TPSA) is 29.5 Å². The standard InChI is InChI=1S/C17H25NO2S/c1-17(2,3)11-16(19)18-9-10-21-15(12-18)13-5-7-14(20-4)8-6-13/h5-8,15H,9-12H2,1-4H3. The third-order valence-corrected chi connectivity index (χ3v) is 4.83. The summed E-state index contributed by atoms with van der Waals surface area (Å²) in [5, 5.41) is 0.369. The van der Waals surface area contributed by atoms with E-state index in [4.69, 9.17) is 4.74 Å². The van der Waals surface area contributed by atoms with Crippen LogP contribution in [0.5, 0.6) is 5.75 Å². The minimum Gasteiger partial charge on any atom is -0.497 e. The molecule has 0 N–H and O–H groups in total. The van der Waals surface area contributed by atoms with Crippen LogP contribution in [0.3, 0.4) is 0 Å². The first-order valence-electron chi connectivity index (χ1n) is 7.42. The lowest BCUT2D eigenvalue weighted by atomic mass is 9.91. The van der Waals surface area contributed by atoms with Crippen molar-refractivity contribution < 1.29 is 9.53 Å². The molecule has 1 aromatic carbocycles. The van der Waals surface area contributed by atoms with E-state index in [1.54, 1.807) is 7.11 Å². The zero-order valence-corrected chi connectivity index (χ0v) is 14.2. The molecule has 1 fully saturated rings. The van der Waals surface area contributed by atoms with Crippen molar-refractivity contribution in [3.63, 3.8) is 0 Å². The van der Waals surface area contributed by atoms with Crippen LogP contribution in [0.4, 0.5) is 0 Å². The molecule has 1 heterocycles. The van der Waals surface area contributed by atoms with Crippen molar-refractivity contribution >= 4 is 17.7 Å². The molecule has 0 aliphatic carbocycles. The van der Waals surface area contributed by atoms with Gasteiger partial charge >= 0.3 is 0 Å². The van der Waals surface area contributed by atoms with Crippen LogP contribution >= 0.6 is 11.8 Å². The van der Waals surface area contributed by atoms with Crippen molar-refractivity contribution in [2.75, 3.05) is 26.0 Å². The normalized spacial score (nSPS) is 19.4. The summed E-state index contributed by atoms with van der Waals surface area (Å²) in [6.07, 6.45) is 0.618. The van der Waals surface area contributed by atoms with Gasteiger partial charge in [0, 0.05) is 30.5 Å². The molecule has 4 heteroatoms. The number of carbonyl (C=O) groups excluding carboxylic acids is 1. The summed E-state index contributed by atoms with van der Waals surface area (Å²) in [5.74, 6) is 2.16. The molecule has 0 bridgehead atoms. The smallest absolute Gasteiger partial charge is 0.223 e. The predicted molar refractivity (Wildman–Crippen MR) is 88.8 cm³/mol. The fraction of sp³-hybridized carbons (Fsp3) is 0.588. The number of hydrogen-bond donors (Lipinski definition) is 0. The maximum absolute atomic E-state index is 12.4. The molecule has 0 radical (unpaired) electrons. The van der Waals surface area contributed by atoms with E-state index in [0.29, 0.717) is 11.7 Å². The van der Waals surface area contributed by atoms with E-state index in [2.05, 4.69) is 32.9 Å². The molecular weight excluding hydrogens is 282 g/mol. The van der Waals surface area contributed by atoms with Gasteiger partial charge in [0.2, 0.25) is 5.91 Å². The van der Waals surface area contributed by atoms with Gasteiger partial charge in [-0.15, -0.1) is 0 Å². The van der Waals surface area contributed by atoms with E-state index in [1.165, 1.54) is 5.56 Å². The van der Waals surface area contributed by atoms with Crippen molar-refractivity contribution in [2.45, 2.75) is 32.4 Å². The van der Waals surface area contributed by atoms with Gasteiger partial charge in [-0.25, -0.2) is 0 Å². The molecule has 1 amide bonds. The fourth-order valence-corrected chi connectivity index (χ4v) is 3.71. The second-order valence-electron chi connectivity index (χ2n) is 6.71. The molecule has 0 saturated carbocycles. The largest absolute Gasteiger partial charge is 0.497 e. The lowest BCUT2D eigenvalue weighted by molar-refractivity contribution is -0.133. The van der Waals surface area contributed by atoms with Crippen molar-refractivity contribution in [3.8, 4) is 5.75 Å². The number of benzene rings is 1. The molecule has 1 saturated heterocycles. The zero-order valence-electron chi connectivity index (χ0n) is 13.4. The molecule has 1 aliphatic heterocycles. The lowest BCUT2D eigenvalue weighted by Crippen LogP contribution is -2.40. The van der Waals surface area contributed by atoms with Crippen LogP contribution in [-0.4, -0.2) is 36.8 Å². The number of hydrogen-bond acceptors (Lipinski definition) is 3. The maximum Gasteiger partial charge on any atom is 0.223 e. The summed E-state index contributed by atoms with van der Waals surface area (Å²) >= 11 is 1.93. The lowest BCUT2D eigenvalue weighted by Gasteiger charge is -2.34. The summed E-state index contributed by atoms with van der Waals surface area (Å²) in [6.45, 7) is 8.03. The summed E-state index contributed by atoms with van der Waals surface area (Å²) in [5.41, 5.74) is 1.33. The van der Waals surface area contributed by atoms with Gasteiger partial charge in [0.15, 0.2) is 0 Å². The highest BCUT2D eigenvalue weighted by molar-refractivity contribution is 7.99. The molecule has 1 aliphatic rings. The molecule has 0 aromatic heterocycles. The molecule has 1 atom stereocenters. The highest BCUT2D eigenvalue weighted by Crippen LogP contribution is 2.34. The first-order valence-corrected chi connectivity index (χ1v) is 8.47. The van der Waals surface area contributed by atoms with Gasteiger partial charge < -0.3 is 9.64 Å². The predicted octanol–water partition coefficient (Wildman–Crippen LogP) is 3.75. The van der Waals surface area contributed by atoms with Crippen molar-refractivity contribution in [1.29, 1.82) is 0 Å². The Labute approximate surface area is 132 Å². The molecule has 1 unspecified atom stereocenters. The Kier molecular flexibility index (Phi) is 5.20. The maximum atomic E-state index is 12.4. The summed E-state index contributed by atoms with van der Waals surface area (Å²) in [4.78, 5) is 14.4. The number of methoxy groups -OCH3 is 1. The van der Waals surface area contributed by atoms with Crippen molar-refractivity contribution in [2.24, 2.45) is 5.41 Å². The minimum atomic E-state index is 0.0529. The molecule has 3 nitrogen and oxygen atoms in total. The van der Waals surface area contributed by atoms with E-state index in [1.807, 2.05) is 28.8 Å². The Bertz CT molecular complexity index is 479. The van der Waals surface area contributed by atoms with Crippen LogP contribution in [0.15, 0.2) is 24.3 Å². The average molecular weight is 307 g/mol. The van der Waals surface area contributed by atoms with Crippen molar-refractivity contribution in [1.82, 2.24) is 4.90 Å². The fourth-order valence-electron chi connectivity index (χ4n) is 2.46. The molecule has 21 heavy (non-hydrogen) atoms. The number of thioether (sulfide) groups is 1. The van der Waals surface area contributed by atoms with Gasteiger partial charge in [-0.3, -0.25) is 4.79 Å². The monoisotopic (exact) mass is 307 g/mol. The van der Waals surface area contributed by atoms with Crippen LogP contribution in [0.25, 0.3) is 0 Å². The first kappa shape index (κ1) is 16.2. The van der Waals surface area contributed by atoms with Gasteiger partial charge in [0.25, 0.3) is 0 Å². The summed E-state index contributed by atoms with van der Waals surface area (Å²) in [7, 11) is 1.68. The quantitative estimate of drug-likeness (QED) is 0.852. The number of nitrogens with zero attached hydrogens (tertiary/aromatic N) is 1. The van der Waals surface area contributed by atoms with Crippen LogP contribution in [0.1, 0.15) is 38.0 Å². The Morgan fingerprint density at radius 3 is 2.57 bits per heavy atom. The number of ether oxygens (including phenoxy) is 1. The number of carbonyl (C=O) groups is 1. The Balaban J connectivity index is 2.01. The van der Waals surface area contributed by atoms with Crippen LogP contribution in [-0.2, 0) is 4.79 Å². The number of amides is 1. The second kappa shape index (κ2) is 6.73. The molecular formula is C17H25NO2S. The van der Waals surface area contributed by atoms with E-state index >= 15 is 0 Å². The number of rotatable bonds is 3. The van der Waals surface area contributed by atoms with E-state index < -0.39 is 0 Å². The molecule has 2 rings (SSSR count). The van der Waals surface area contributed by atoms with Crippen molar-refractivity contribution in [3.05, 3.63) is 29.8 Å². The second-order valence-corrected chi connectivity index (χ2v) is 8.02. The van der Waals surface area contributed by atoms with Gasteiger partial charge in [-0.2, -0.15) is 11.8 Å². The van der Waals surface area contributed by atoms with Crippen LogP contribution in [0, 0.1) is 5.41 Å². The van der Waals surface area contributed by atoms with Gasteiger partial charge in [0.1, 0.15) is 5.75 Å². The molecule has 116 valence electrons. The molecule has 0 spiro atoms. The first-order chi connectivity index (χ1) is 9.89. The highest BCUT2D eigenvalue weighted by Gasteiger charge is 2.27. The van der Waals surface area contributed by atoms with Crippen LogP contribution < -0.4 is 4.74 Å². The van der Waals surface area contributed by atoms with E-state index in [-0.39, 0.29) is 11.3 Å². The minimum absolute atomic E-state index is 0.0529. The Hall–Kier alpha value is -1.16. The third-order valence-electron chi connectivity index (χ3n) is 3.59. The highest BCUT2D eigenvalue weighted by atomic mass is 32.2.